The van der Waals surface area contributed by atoms with E-state index in [0.717, 1.165) is 10.9 Å². The normalized spacial score (nSPS) is 9.86. The van der Waals surface area contributed by atoms with Gasteiger partial charge in [0.1, 0.15) is 11.4 Å². The molecule has 1 aromatic carbocycles. The van der Waals surface area contributed by atoms with Crippen LogP contribution < -0.4 is 0 Å². The standard InChI is InChI=1S/C15H10ClN3S.Na.H/c1-19-13-5-3-2-4-10(13)11(18-19)6-7-12-15(16)14(20)8-9-17-12;;/h2-5,8-9H,1H3,(H,17,20);;. The minimum absolute atomic E-state index is 0. The zero-order valence-corrected chi connectivity index (χ0v) is 12.3. The number of rotatable bonds is 0. The minimum atomic E-state index is 0. The molecule has 3 rings (SSSR count). The zero-order valence-electron chi connectivity index (χ0n) is 10.6. The maximum absolute atomic E-state index is 6.12. The van der Waals surface area contributed by atoms with Gasteiger partial charge in [0.15, 0.2) is 0 Å². The van der Waals surface area contributed by atoms with E-state index in [1.54, 1.807) is 12.3 Å². The molecule has 0 aliphatic heterocycles. The number of thiol groups is 1. The van der Waals surface area contributed by atoms with Crippen molar-refractivity contribution in [1.82, 2.24) is 14.8 Å². The number of pyridine rings is 1. The van der Waals surface area contributed by atoms with Crippen LogP contribution in [0.3, 0.4) is 0 Å². The molecule has 21 heavy (non-hydrogen) atoms. The third-order valence-electron chi connectivity index (χ3n) is 2.93. The zero-order chi connectivity index (χ0) is 14.1. The first-order chi connectivity index (χ1) is 9.66. The van der Waals surface area contributed by atoms with Gasteiger partial charge in [0.25, 0.3) is 0 Å². The Labute approximate surface area is 155 Å². The van der Waals surface area contributed by atoms with Gasteiger partial charge in [-0.1, -0.05) is 23.7 Å². The molecule has 0 unspecified atom stereocenters. The van der Waals surface area contributed by atoms with Crippen LogP contribution in [0.4, 0.5) is 0 Å². The van der Waals surface area contributed by atoms with E-state index in [1.807, 2.05) is 36.0 Å². The molecule has 0 fully saturated rings. The summed E-state index contributed by atoms with van der Waals surface area (Å²) in [4.78, 5) is 4.82. The van der Waals surface area contributed by atoms with Crippen LogP contribution >= 0.6 is 24.2 Å². The maximum atomic E-state index is 6.12. The summed E-state index contributed by atoms with van der Waals surface area (Å²) in [5, 5.41) is 5.89. The fourth-order valence-corrected chi connectivity index (χ4v) is 2.28. The molecule has 0 radical (unpaired) electrons. The number of aryl methyl sites for hydroxylation is 1. The Bertz CT molecular complexity index is 864. The van der Waals surface area contributed by atoms with Crippen LogP contribution in [0.1, 0.15) is 11.4 Å². The summed E-state index contributed by atoms with van der Waals surface area (Å²) in [5.74, 6) is 5.99. The number of aromatic nitrogens is 3. The van der Waals surface area contributed by atoms with Gasteiger partial charge in [-0.25, -0.2) is 4.98 Å². The van der Waals surface area contributed by atoms with E-state index >= 15 is 0 Å². The molecule has 2 heterocycles. The van der Waals surface area contributed by atoms with E-state index < -0.39 is 0 Å². The van der Waals surface area contributed by atoms with Gasteiger partial charge < -0.3 is 0 Å². The van der Waals surface area contributed by atoms with Gasteiger partial charge in [-0.15, -0.1) is 12.6 Å². The molecule has 0 bridgehead atoms. The van der Waals surface area contributed by atoms with Gasteiger partial charge >= 0.3 is 29.6 Å². The molecule has 0 amide bonds. The SMILES string of the molecule is Cn1nc(C#Cc2nccc(S)c2Cl)c2ccccc21.[NaH]. The quantitative estimate of drug-likeness (QED) is 0.392. The Kier molecular flexibility index (Phi) is 5.37. The number of fused-ring (bicyclic) bond motifs is 1. The van der Waals surface area contributed by atoms with Gasteiger partial charge in [-0.2, -0.15) is 5.10 Å². The van der Waals surface area contributed by atoms with E-state index in [9.17, 15) is 0 Å². The summed E-state index contributed by atoms with van der Waals surface area (Å²) in [5.41, 5.74) is 2.26. The third-order valence-corrected chi connectivity index (χ3v) is 3.81. The molecule has 3 nitrogen and oxygen atoms in total. The molecule has 100 valence electrons. The predicted molar refractivity (Wildman–Crippen MR) is 90.3 cm³/mol. The van der Waals surface area contributed by atoms with Crippen LogP contribution in [0.25, 0.3) is 10.9 Å². The fourth-order valence-electron chi connectivity index (χ4n) is 1.95. The second-order valence-electron chi connectivity index (χ2n) is 4.23. The average Bonchev–Trinajstić information content (AvgIpc) is 2.78. The van der Waals surface area contributed by atoms with Crippen LogP contribution in [-0.2, 0) is 7.05 Å². The van der Waals surface area contributed by atoms with E-state index in [0.29, 0.717) is 21.3 Å². The Hall–Kier alpha value is -0.960. The van der Waals surface area contributed by atoms with E-state index in [-0.39, 0.29) is 29.6 Å². The molecule has 0 saturated carbocycles. The summed E-state index contributed by atoms with van der Waals surface area (Å²) < 4.78 is 1.81. The van der Waals surface area contributed by atoms with Gasteiger partial charge in [-0.3, -0.25) is 4.68 Å². The summed E-state index contributed by atoms with van der Waals surface area (Å²) in [6.45, 7) is 0. The number of hydrogen-bond acceptors (Lipinski definition) is 3. The number of para-hydroxylation sites is 1. The molecule has 0 aliphatic rings. The molecule has 0 spiro atoms. The molecular formula is C15H11ClN3NaS. The topological polar surface area (TPSA) is 30.7 Å². The fraction of sp³-hybridized carbons (Fsp3) is 0.0667. The van der Waals surface area contributed by atoms with E-state index in [2.05, 4.69) is 34.6 Å². The summed E-state index contributed by atoms with van der Waals surface area (Å²) in [7, 11) is 1.90. The Morgan fingerprint density at radius 3 is 2.67 bits per heavy atom. The molecule has 2 aromatic heterocycles. The van der Waals surface area contributed by atoms with Crippen LogP contribution in [-0.4, -0.2) is 44.3 Å². The van der Waals surface area contributed by atoms with Crippen molar-refractivity contribution in [2.45, 2.75) is 4.90 Å². The Morgan fingerprint density at radius 2 is 1.86 bits per heavy atom. The van der Waals surface area contributed by atoms with Crippen LogP contribution in [0.15, 0.2) is 41.4 Å². The summed E-state index contributed by atoms with van der Waals surface area (Å²) in [6, 6.07) is 9.68. The first kappa shape index (κ1) is 16.4. The third kappa shape index (κ3) is 3.28. The van der Waals surface area contributed by atoms with Gasteiger partial charge in [-0.05, 0) is 30.0 Å². The number of nitrogens with zero attached hydrogens (tertiary/aromatic N) is 3. The monoisotopic (exact) mass is 323 g/mol. The van der Waals surface area contributed by atoms with Crippen molar-refractivity contribution >= 4 is 64.7 Å². The molecule has 3 aromatic rings. The average molecular weight is 324 g/mol. The van der Waals surface area contributed by atoms with E-state index in [4.69, 9.17) is 11.6 Å². The first-order valence-corrected chi connectivity index (χ1v) is 6.76. The van der Waals surface area contributed by atoms with Gasteiger partial charge in [0, 0.05) is 23.5 Å². The van der Waals surface area contributed by atoms with Crippen molar-refractivity contribution in [3.8, 4) is 11.8 Å². The van der Waals surface area contributed by atoms with E-state index in [1.165, 1.54) is 0 Å². The molecule has 0 N–H and O–H groups in total. The van der Waals surface area contributed by atoms with Crippen molar-refractivity contribution in [3.05, 3.63) is 52.9 Å². The molecule has 0 atom stereocenters. The summed E-state index contributed by atoms with van der Waals surface area (Å²) >= 11 is 10.4. The van der Waals surface area contributed by atoms with Crippen molar-refractivity contribution in [1.29, 1.82) is 0 Å². The van der Waals surface area contributed by atoms with Crippen LogP contribution in [0.2, 0.25) is 5.02 Å². The molecule has 6 heteroatoms. The number of halogens is 1. The van der Waals surface area contributed by atoms with Crippen LogP contribution in [0, 0.1) is 11.8 Å². The summed E-state index contributed by atoms with van der Waals surface area (Å²) in [6.07, 6.45) is 1.63. The van der Waals surface area contributed by atoms with Crippen molar-refractivity contribution in [2.24, 2.45) is 7.05 Å². The molecular weight excluding hydrogens is 313 g/mol. The first-order valence-electron chi connectivity index (χ1n) is 5.94. The van der Waals surface area contributed by atoms with Gasteiger partial charge in [0.05, 0.1) is 10.5 Å². The molecule has 0 saturated heterocycles. The van der Waals surface area contributed by atoms with Crippen molar-refractivity contribution < 1.29 is 0 Å². The number of benzene rings is 1. The van der Waals surface area contributed by atoms with Crippen molar-refractivity contribution in [2.75, 3.05) is 0 Å². The Morgan fingerprint density at radius 1 is 1.14 bits per heavy atom. The molecule has 0 aliphatic carbocycles. The number of hydrogen-bond donors (Lipinski definition) is 1. The Balaban J connectivity index is 0.00000161. The predicted octanol–water partition coefficient (Wildman–Crippen LogP) is 2.66. The van der Waals surface area contributed by atoms with Crippen molar-refractivity contribution in [3.63, 3.8) is 0 Å². The van der Waals surface area contributed by atoms with Gasteiger partial charge in [0.2, 0.25) is 0 Å². The van der Waals surface area contributed by atoms with Crippen LogP contribution in [0.5, 0.6) is 0 Å². The second-order valence-corrected chi connectivity index (χ2v) is 5.09. The second kappa shape index (κ2) is 6.87.